The highest BCUT2D eigenvalue weighted by Crippen LogP contribution is 2.16. The van der Waals surface area contributed by atoms with Gasteiger partial charge in [-0.25, -0.2) is 4.79 Å². The van der Waals surface area contributed by atoms with Crippen molar-refractivity contribution in [2.24, 2.45) is 9.98 Å². The van der Waals surface area contributed by atoms with Crippen molar-refractivity contribution in [1.82, 2.24) is 4.90 Å². The lowest BCUT2D eigenvalue weighted by atomic mass is 10.00. The normalized spacial score (nSPS) is 16.5. The van der Waals surface area contributed by atoms with Gasteiger partial charge in [0.25, 0.3) is 0 Å². The maximum atomic E-state index is 11.2. The minimum absolute atomic E-state index is 0.441. The molecule has 0 bridgehead atoms. The topological polar surface area (TPSA) is 54.3 Å². The maximum absolute atomic E-state index is 11.2. The minimum atomic E-state index is -0.441. The Bertz CT molecular complexity index is 951. The Labute approximate surface area is 152 Å². The van der Waals surface area contributed by atoms with Crippen LogP contribution in [0.4, 0.5) is 4.79 Å². The number of amides is 2. The molecule has 26 heavy (non-hydrogen) atoms. The fraction of sp³-hybridized carbons (Fsp3) is 0.286. The highest BCUT2D eigenvalue weighted by atomic mass is 16.5. The average Bonchev–Trinajstić information content (AvgIpc) is 3.03. The number of ether oxygens (including phenoxy) is 1. The summed E-state index contributed by atoms with van der Waals surface area (Å²) in [4.78, 5) is 21.2. The lowest BCUT2D eigenvalue weighted by Gasteiger charge is -2.26. The van der Waals surface area contributed by atoms with E-state index in [1.165, 1.54) is 11.1 Å². The predicted octanol–water partition coefficient (Wildman–Crippen LogP) is 2.31. The third kappa shape index (κ3) is 4.06. The van der Waals surface area contributed by atoms with Gasteiger partial charge in [-0.15, -0.1) is 0 Å². The average molecular weight is 347 g/mol. The van der Waals surface area contributed by atoms with Crippen molar-refractivity contribution in [3.05, 3.63) is 76.5 Å². The van der Waals surface area contributed by atoms with Crippen LogP contribution in [-0.2, 0) is 6.42 Å². The summed E-state index contributed by atoms with van der Waals surface area (Å²) in [5, 5.41) is 1.22. The Kier molecular flexibility index (Phi) is 4.88. The standard InChI is InChI=1S/C21H21N3O2/c25-21-22-19-7-6-18(15-20(19)23-21)26-13-12-24-10-8-17(9-11-24)14-16-4-2-1-3-5-16/h1-8,15H,9-14H2. The fourth-order valence-electron chi connectivity index (χ4n) is 3.28. The molecule has 2 aromatic carbocycles. The van der Waals surface area contributed by atoms with Crippen LogP contribution in [0.1, 0.15) is 12.0 Å². The van der Waals surface area contributed by atoms with E-state index in [1.54, 1.807) is 12.1 Å². The molecule has 0 saturated carbocycles. The summed E-state index contributed by atoms with van der Waals surface area (Å²) in [7, 11) is 0. The molecule has 0 fully saturated rings. The smallest absolute Gasteiger partial charge is 0.368 e. The van der Waals surface area contributed by atoms with Crippen molar-refractivity contribution in [3.8, 4) is 5.75 Å². The van der Waals surface area contributed by atoms with Gasteiger partial charge < -0.3 is 4.74 Å². The Hall–Kier alpha value is -2.79. The second kappa shape index (κ2) is 7.62. The quantitative estimate of drug-likeness (QED) is 0.754. The summed E-state index contributed by atoms with van der Waals surface area (Å²) in [6.07, 6.45) is 4.50. The van der Waals surface area contributed by atoms with Gasteiger partial charge in [-0.3, -0.25) is 4.90 Å². The summed E-state index contributed by atoms with van der Waals surface area (Å²) in [5.74, 6) is 0.731. The van der Waals surface area contributed by atoms with Crippen molar-refractivity contribution < 1.29 is 9.53 Å². The van der Waals surface area contributed by atoms with Crippen LogP contribution < -0.4 is 15.5 Å². The van der Waals surface area contributed by atoms with Gasteiger partial charge in [-0.2, -0.15) is 9.98 Å². The van der Waals surface area contributed by atoms with E-state index in [-0.39, 0.29) is 0 Å². The number of hydrogen-bond donors (Lipinski definition) is 0. The van der Waals surface area contributed by atoms with Gasteiger partial charge in [0, 0.05) is 25.7 Å². The van der Waals surface area contributed by atoms with E-state index in [9.17, 15) is 4.79 Å². The summed E-state index contributed by atoms with van der Waals surface area (Å²) < 4.78 is 5.82. The molecule has 0 saturated heterocycles. The van der Waals surface area contributed by atoms with Crippen LogP contribution in [-0.4, -0.2) is 37.2 Å². The lowest BCUT2D eigenvalue weighted by molar-refractivity contribution is 0.218. The van der Waals surface area contributed by atoms with Crippen LogP contribution in [0.25, 0.3) is 0 Å². The Morgan fingerprint density at radius 3 is 2.69 bits per heavy atom. The summed E-state index contributed by atoms with van der Waals surface area (Å²) >= 11 is 0. The molecule has 0 spiro atoms. The molecule has 0 atom stereocenters. The van der Waals surface area contributed by atoms with Crippen molar-refractivity contribution in [1.29, 1.82) is 0 Å². The molecule has 2 amide bonds. The Balaban J connectivity index is 1.25. The number of nitrogens with zero attached hydrogens (tertiary/aromatic N) is 3. The number of urea groups is 1. The third-order valence-corrected chi connectivity index (χ3v) is 4.72. The number of hydrogen-bond acceptors (Lipinski definition) is 3. The molecule has 0 radical (unpaired) electrons. The number of benzene rings is 2. The van der Waals surface area contributed by atoms with Crippen molar-refractivity contribution in [2.45, 2.75) is 12.8 Å². The van der Waals surface area contributed by atoms with Crippen molar-refractivity contribution in [2.75, 3.05) is 26.2 Å². The van der Waals surface area contributed by atoms with E-state index in [1.807, 2.05) is 6.07 Å². The van der Waals surface area contributed by atoms with Gasteiger partial charge in [-0.1, -0.05) is 42.0 Å². The Morgan fingerprint density at radius 1 is 1.04 bits per heavy atom. The van der Waals surface area contributed by atoms with E-state index in [2.05, 4.69) is 51.3 Å². The highest BCUT2D eigenvalue weighted by molar-refractivity contribution is 5.77. The van der Waals surface area contributed by atoms with E-state index in [0.29, 0.717) is 17.3 Å². The molecule has 5 nitrogen and oxygen atoms in total. The molecule has 2 aliphatic heterocycles. The number of carbonyl (C=O) groups excluding carboxylic acids is 1. The van der Waals surface area contributed by atoms with Crippen molar-refractivity contribution >= 4 is 6.03 Å². The first kappa shape index (κ1) is 16.7. The number of carbonyl (C=O) groups is 1. The molecule has 5 heteroatoms. The van der Waals surface area contributed by atoms with Gasteiger partial charge in [-0.05, 0) is 30.5 Å². The molecule has 132 valence electrons. The van der Waals surface area contributed by atoms with E-state index in [0.717, 1.165) is 38.2 Å². The number of fused-ring (bicyclic) bond motifs is 1. The molecular weight excluding hydrogens is 326 g/mol. The summed E-state index contributed by atoms with van der Waals surface area (Å²) in [6, 6.07) is 15.6. The molecule has 0 N–H and O–H groups in total. The molecule has 2 heterocycles. The second-order valence-corrected chi connectivity index (χ2v) is 6.58. The van der Waals surface area contributed by atoms with E-state index < -0.39 is 6.03 Å². The first-order valence-electron chi connectivity index (χ1n) is 8.95. The first-order chi connectivity index (χ1) is 12.8. The molecule has 2 aliphatic rings. The third-order valence-electron chi connectivity index (χ3n) is 4.72. The Morgan fingerprint density at radius 2 is 1.88 bits per heavy atom. The van der Waals surface area contributed by atoms with Gasteiger partial charge in [0.15, 0.2) is 0 Å². The first-order valence-corrected chi connectivity index (χ1v) is 8.95. The van der Waals surface area contributed by atoms with E-state index >= 15 is 0 Å². The highest BCUT2D eigenvalue weighted by Gasteiger charge is 2.12. The van der Waals surface area contributed by atoms with Crippen LogP contribution in [0, 0.1) is 0 Å². The van der Waals surface area contributed by atoms with Gasteiger partial charge in [0.2, 0.25) is 0 Å². The van der Waals surface area contributed by atoms with Crippen LogP contribution >= 0.6 is 0 Å². The lowest BCUT2D eigenvalue weighted by Crippen LogP contribution is -2.33. The van der Waals surface area contributed by atoms with Gasteiger partial charge in [0.05, 0.1) is 10.7 Å². The van der Waals surface area contributed by atoms with E-state index in [4.69, 9.17) is 4.74 Å². The largest absolute Gasteiger partial charge is 0.492 e. The minimum Gasteiger partial charge on any atom is -0.492 e. The molecule has 2 aromatic rings. The zero-order valence-electron chi connectivity index (χ0n) is 14.6. The van der Waals surface area contributed by atoms with Gasteiger partial charge >= 0.3 is 6.03 Å². The molecule has 0 aliphatic carbocycles. The molecule has 4 rings (SSSR count). The molecule has 0 aromatic heterocycles. The van der Waals surface area contributed by atoms with Gasteiger partial charge in [0.1, 0.15) is 12.4 Å². The zero-order valence-corrected chi connectivity index (χ0v) is 14.6. The molecular formula is C21H21N3O2. The van der Waals surface area contributed by atoms with Crippen LogP contribution in [0.3, 0.4) is 0 Å². The fourth-order valence-corrected chi connectivity index (χ4v) is 3.28. The SMILES string of the molecule is O=C1N=c2ccc(OCCN3CC=C(Cc4ccccc4)CC3)cc2=N1. The van der Waals surface area contributed by atoms with Crippen LogP contribution in [0.2, 0.25) is 0 Å². The van der Waals surface area contributed by atoms with Crippen LogP contribution in [0.5, 0.6) is 5.75 Å². The maximum Gasteiger partial charge on any atom is 0.368 e. The predicted molar refractivity (Wildman–Crippen MR) is 98.9 cm³/mol. The monoisotopic (exact) mass is 347 g/mol. The second-order valence-electron chi connectivity index (χ2n) is 6.58. The van der Waals surface area contributed by atoms with Crippen molar-refractivity contribution in [3.63, 3.8) is 0 Å². The number of rotatable bonds is 6. The zero-order chi connectivity index (χ0) is 17.8. The summed E-state index contributed by atoms with van der Waals surface area (Å²) in [5.41, 5.74) is 2.89. The molecule has 0 unspecified atom stereocenters. The van der Waals surface area contributed by atoms with Crippen LogP contribution in [0.15, 0.2) is 70.2 Å². The summed E-state index contributed by atoms with van der Waals surface area (Å²) in [6.45, 7) is 3.53.